The van der Waals surface area contributed by atoms with Gasteiger partial charge >= 0.3 is 0 Å². The molecule has 0 amide bonds. The van der Waals surface area contributed by atoms with E-state index >= 15 is 0 Å². The van der Waals surface area contributed by atoms with Crippen LogP contribution in [0.25, 0.3) is 10.9 Å². The van der Waals surface area contributed by atoms with Gasteiger partial charge in [0.25, 0.3) is 0 Å². The summed E-state index contributed by atoms with van der Waals surface area (Å²) >= 11 is 0. The van der Waals surface area contributed by atoms with Crippen molar-refractivity contribution in [2.24, 2.45) is 0 Å². The highest BCUT2D eigenvalue weighted by atomic mass is 16.5. The highest BCUT2D eigenvalue weighted by Crippen LogP contribution is 2.26. The molecular formula is C11H13N3O. The van der Waals surface area contributed by atoms with Gasteiger partial charge in [-0.25, -0.2) is 0 Å². The maximum Gasteiger partial charge on any atom is 0.0662 e. The first kappa shape index (κ1) is 8.73. The van der Waals surface area contributed by atoms with Crippen LogP contribution >= 0.6 is 0 Å². The predicted octanol–water partition coefficient (Wildman–Crippen LogP) is 1.40. The van der Waals surface area contributed by atoms with E-state index in [4.69, 9.17) is 4.74 Å². The van der Waals surface area contributed by atoms with Crippen LogP contribution in [0.4, 0.5) is 5.69 Å². The number of nitrogens with one attached hydrogen (secondary N) is 1. The second kappa shape index (κ2) is 3.55. The molecule has 2 aromatic heterocycles. The second-order valence-corrected chi connectivity index (χ2v) is 3.69. The van der Waals surface area contributed by atoms with E-state index in [1.165, 1.54) is 11.1 Å². The summed E-state index contributed by atoms with van der Waals surface area (Å²) in [7, 11) is 0. The third kappa shape index (κ3) is 1.47. The molecule has 0 spiro atoms. The highest BCUT2D eigenvalue weighted by Gasteiger charge is 2.14. The summed E-state index contributed by atoms with van der Waals surface area (Å²) in [4.78, 5) is 9.69. The van der Waals surface area contributed by atoms with Crippen molar-refractivity contribution in [3.8, 4) is 0 Å². The first-order chi connectivity index (χ1) is 7.45. The number of morpholine rings is 1. The number of H-pyrrole nitrogens is 1. The fourth-order valence-corrected chi connectivity index (χ4v) is 2.02. The predicted molar refractivity (Wildman–Crippen MR) is 59.1 cm³/mol. The Hall–Kier alpha value is -1.55. The van der Waals surface area contributed by atoms with Gasteiger partial charge in [0.1, 0.15) is 0 Å². The van der Waals surface area contributed by atoms with Crippen molar-refractivity contribution in [1.82, 2.24) is 9.97 Å². The molecule has 1 fully saturated rings. The molecule has 78 valence electrons. The Labute approximate surface area is 87.9 Å². The molecule has 3 heterocycles. The van der Waals surface area contributed by atoms with Crippen LogP contribution in [0.2, 0.25) is 0 Å². The lowest BCUT2D eigenvalue weighted by atomic mass is 10.2. The van der Waals surface area contributed by atoms with Crippen LogP contribution in [0.3, 0.4) is 0 Å². The summed E-state index contributed by atoms with van der Waals surface area (Å²) < 4.78 is 5.35. The third-order valence-electron chi connectivity index (χ3n) is 2.81. The van der Waals surface area contributed by atoms with E-state index < -0.39 is 0 Å². The monoisotopic (exact) mass is 203 g/mol. The van der Waals surface area contributed by atoms with Gasteiger partial charge < -0.3 is 14.6 Å². The zero-order valence-electron chi connectivity index (χ0n) is 8.44. The van der Waals surface area contributed by atoms with E-state index in [0.717, 1.165) is 31.8 Å². The summed E-state index contributed by atoms with van der Waals surface area (Å²) in [5, 5.41) is 1.24. The molecule has 4 heteroatoms. The number of rotatable bonds is 1. The van der Waals surface area contributed by atoms with Crippen LogP contribution in [0.15, 0.2) is 24.7 Å². The normalized spacial score (nSPS) is 17.2. The standard InChI is InChI=1S/C11H13N3O/c1-2-12-7-10-9(1)11(8-13-10)14-3-5-15-6-4-14/h1-2,7-8,13H,3-6H2. The number of fused-ring (bicyclic) bond motifs is 1. The SMILES string of the molecule is c1cc2c(N3CCOCC3)c[nH]c2cn1. The summed E-state index contributed by atoms with van der Waals surface area (Å²) in [6.45, 7) is 3.57. The van der Waals surface area contributed by atoms with Gasteiger partial charge in [-0.3, -0.25) is 4.98 Å². The number of anilines is 1. The molecule has 0 aromatic carbocycles. The number of pyridine rings is 1. The van der Waals surface area contributed by atoms with Crippen molar-refractivity contribution in [2.75, 3.05) is 31.2 Å². The lowest BCUT2D eigenvalue weighted by Gasteiger charge is -2.28. The summed E-state index contributed by atoms with van der Waals surface area (Å²) in [5.74, 6) is 0. The number of hydrogen-bond acceptors (Lipinski definition) is 3. The van der Waals surface area contributed by atoms with Crippen LogP contribution in [0.5, 0.6) is 0 Å². The Morgan fingerprint density at radius 2 is 2.20 bits per heavy atom. The van der Waals surface area contributed by atoms with E-state index in [-0.39, 0.29) is 0 Å². The summed E-state index contributed by atoms with van der Waals surface area (Å²) in [5.41, 5.74) is 2.36. The Kier molecular flexibility index (Phi) is 2.07. The van der Waals surface area contributed by atoms with Gasteiger partial charge in [-0.15, -0.1) is 0 Å². The lowest BCUT2D eigenvalue weighted by Crippen LogP contribution is -2.36. The molecule has 1 aliphatic rings. The summed E-state index contributed by atoms with van der Waals surface area (Å²) in [6, 6.07) is 2.05. The topological polar surface area (TPSA) is 41.1 Å². The summed E-state index contributed by atoms with van der Waals surface area (Å²) in [6.07, 6.45) is 5.75. The van der Waals surface area contributed by atoms with Gasteiger partial charge in [0, 0.05) is 30.9 Å². The minimum Gasteiger partial charge on any atom is -0.378 e. The molecular weight excluding hydrogens is 190 g/mol. The molecule has 0 atom stereocenters. The zero-order valence-corrected chi connectivity index (χ0v) is 8.44. The quantitative estimate of drug-likeness (QED) is 0.761. The minimum atomic E-state index is 0.817. The largest absolute Gasteiger partial charge is 0.378 e. The van der Waals surface area contributed by atoms with Crippen LogP contribution in [0.1, 0.15) is 0 Å². The molecule has 3 rings (SSSR count). The number of ether oxygens (including phenoxy) is 1. The molecule has 0 unspecified atom stereocenters. The number of nitrogens with zero attached hydrogens (tertiary/aromatic N) is 2. The first-order valence-corrected chi connectivity index (χ1v) is 5.19. The molecule has 0 bridgehead atoms. The maximum atomic E-state index is 5.35. The van der Waals surface area contributed by atoms with E-state index in [1.807, 2.05) is 12.4 Å². The van der Waals surface area contributed by atoms with Crippen LogP contribution < -0.4 is 4.90 Å². The molecule has 0 aliphatic carbocycles. The molecule has 15 heavy (non-hydrogen) atoms. The van der Waals surface area contributed by atoms with E-state index in [2.05, 4.69) is 27.1 Å². The maximum absolute atomic E-state index is 5.35. The Bertz CT molecular complexity index is 460. The average molecular weight is 203 g/mol. The zero-order chi connectivity index (χ0) is 10.1. The second-order valence-electron chi connectivity index (χ2n) is 3.69. The molecule has 1 saturated heterocycles. The minimum absolute atomic E-state index is 0.817. The van der Waals surface area contributed by atoms with Gasteiger partial charge in [-0.05, 0) is 6.07 Å². The third-order valence-corrected chi connectivity index (χ3v) is 2.81. The van der Waals surface area contributed by atoms with Gasteiger partial charge in [-0.1, -0.05) is 0 Å². The van der Waals surface area contributed by atoms with Gasteiger partial charge in [-0.2, -0.15) is 0 Å². The lowest BCUT2D eigenvalue weighted by molar-refractivity contribution is 0.123. The van der Waals surface area contributed by atoms with Crippen LogP contribution in [-0.4, -0.2) is 36.3 Å². The van der Waals surface area contributed by atoms with E-state index in [0.29, 0.717) is 0 Å². The van der Waals surface area contributed by atoms with Crippen LogP contribution in [-0.2, 0) is 4.74 Å². The van der Waals surface area contributed by atoms with Crippen molar-refractivity contribution < 1.29 is 4.74 Å². The number of aromatic amines is 1. The highest BCUT2D eigenvalue weighted by molar-refractivity contribution is 5.92. The molecule has 0 radical (unpaired) electrons. The van der Waals surface area contributed by atoms with Gasteiger partial charge in [0.05, 0.1) is 30.6 Å². The molecule has 1 N–H and O–H groups in total. The van der Waals surface area contributed by atoms with Crippen molar-refractivity contribution in [1.29, 1.82) is 0 Å². The number of hydrogen-bond donors (Lipinski definition) is 1. The molecule has 4 nitrogen and oxygen atoms in total. The smallest absolute Gasteiger partial charge is 0.0662 e. The molecule has 1 aliphatic heterocycles. The fourth-order valence-electron chi connectivity index (χ4n) is 2.02. The van der Waals surface area contributed by atoms with E-state index in [1.54, 1.807) is 0 Å². The average Bonchev–Trinajstić information content (AvgIpc) is 2.74. The molecule has 2 aromatic rings. The van der Waals surface area contributed by atoms with Crippen molar-refractivity contribution in [2.45, 2.75) is 0 Å². The van der Waals surface area contributed by atoms with Crippen molar-refractivity contribution in [3.05, 3.63) is 24.7 Å². The first-order valence-electron chi connectivity index (χ1n) is 5.19. The van der Waals surface area contributed by atoms with Crippen molar-refractivity contribution >= 4 is 16.6 Å². The van der Waals surface area contributed by atoms with Gasteiger partial charge in [0.15, 0.2) is 0 Å². The van der Waals surface area contributed by atoms with Crippen LogP contribution in [0, 0.1) is 0 Å². The Morgan fingerprint density at radius 3 is 3.07 bits per heavy atom. The molecule has 0 saturated carbocycles. The van der Waals surface area contributed by atoms with E-state index in [9.17, 15) is 0 Å². The Morgan fingerprint density at radius 1 is 1.33 bits per heavy atom. The Balaban J connectivity index is 2.02. The van der Waals surface area contributed by atoms with Crippen molar-refractivity contribution in [3.63, 3.8) is 0 Å². The number of aromatic nitrogens is 2. The van der Waals surface area contributed by atoms with Gasteiger partial charge in [0.2, 0.25) is 0 Å². The fraction of sp³-hybridized carbons (Fsp3) is 0.364.